The van der Waals surface area contributed by atoms with Crippen LogP contribution >= 0.6 is 0 Å². The van der Waals surface area contributed by atoms with Crippen molar-refractivity contribution < 1.29 is 28.9 Å². The molecule has 0 aliphatic heterocycles. The fraction of sp³-hybridized carbons (Fsp3) is 0.529. The molecule has 0 spiro atoms. The van der Waals surface area contributed by atoms with Gasteiger partial charge >= 0.3 is 12.1 Å². The van der Waals surface area contributed by atoms with E-state index in [1.807, 2.05) is 0 Å². The number of methoxy groups -OCH3 is 1. The van der Waals surface area contributed by atoms with Crippen molar-refractivity contribution in [2.45, 2.75) is 46.1 Å². The Morgan fingerprint density at radius 2 is 1.92 bits per heavy atom. The molecule has 1 aromatic carbocycles. The molecule has 7 nitrogen and oxygen atoms in total. The Morgan fingerprint density at radius 3 is 2.46 bits per heavy atom. The number of phenolic OH excluding ortho intramolecular Hbond substituents is 1. The molecule has 134 valence electrons. The van der Waals surface area contributed by atoms with Crippen LogP contribution < -0.4 is 10.1 Å². The van der Waals surface area contributed by atoms with Crippen LogP contribution in [0.2, 0.25) is 0 Å². The second-order valence-electron chi connectivity index (χ2n) is 6.08. The van der Waals surface area contributed by atoms with Gasteiger partial charge in [0.05, 0.1) is 19.4 Å². The third-order valence-electron chi connectivity index (χ3n) is 2.98. The number of aryl methyl sites for hydroxylation is 1. The van der Waals surface area contributed by atoms with Crippen molar-refractivity contribution in [1.29, 1.82) is 0 Å². The van der Waals surface area contributed by atoms with E-state index in [-0.39, 0.29) is 29.6 Å². The van der Waals surface area contributed by atoms with Crippen LogP contribution in [0.5, 0.6) is 11.5 Å². The Hall–Kier alpha value is -2.44. The van der Waals surface area contributed by atoms with Crippen molar-refractivity contribution in [3.63, 3.8) is 0 Å². The zero-order valence-corrected chi connectivity index (χ0v) is 14.8. The van der Waals surface area contributed by atoms with E-state index in [4.69, 9.17) is 14.2 Å². The average Bonchev–Trinajstić information content (AvgIpc) is 2.46. The molecule has 7 heteroatoms. The highest BCUT2D eigenvalue weighted by molar-refractivity contribution is 5.89. The largest absolute Gasteiger partial charge is 0.503 e. The predicted molar refractivity (Wildman–Crippen MR) is 89.5 cm³/mol. The van der Waals surface area contributed by atoms with Crippen molar-refractivity contribution in [2.75, 3.05) is 19.0 Å². The number of esters is 1. The highest BCUT2D eigenvalue weighted by atomic mass is 16.6. The highest BCUT2D eigenvalue weighted by Gasteiger charge is 2.21. The van der Waals surface area contributed by atoms with E-state index in [2.05, 4.69) is 5.32 Å². The molecule has 0 aliphatic carbocycles. The molecule has 0 unspecified atom stereocenters. The Bertz CT molecular complexity index is 591. The summed E-state index contributed by atoms with van der Waals surface area (Å²) < 4.78 is 15.1. The molecule has 0 heterocycles. The third kappa shape index (κ3) is 5.98. The summed E-state index contributed by atoms with van der Waals surface area (Å²) in [5.41, 5.74) is 0.0593. The SMILES string of the molecule is CCOC(=O)CCc1ccc(OC)c(O)c1NC(=O)OC(C)(C)C. The summed E-state index contributed by atoms with van der Waals surface area (Å²) >= 11 is 0. The summed E-state index contributed by atoms with van der Waals surface area (Å²) in [6.07, 6.45) is -0.284. The van der Waals surface area contributed by atoms with Gasteiger partial charge in [0.1, 0.15) is 5.60 Å². The van der Waals surface area contributed by atoms with Gasteiger partial charge in [-0.05, 0) is 45.7 Å². The van der Waals surface area contributed by atoms with Gasteiger partial charge in [0.15, 0.2) is 11.5 Å². The van der Waals surface area contributed by atoms with Crippen LogP contribution in [0.1, 0.15) is 39.7 Å². The number of rotatable bonds is 6. The van der Waals surface area contributed by atoms with Crippen molar-refractivity contribution in [3.8, 4) is 11.5 Å². The smallest absolute Gasteiger partial charge is 0.412 e. The molecule has 1 aromatic rings. The van der Waals surface area contributed by atoms with E-state index in [0.717, 1.165) is 0 Å². The number of amides is 1. The minimum absolute atomic E-state index is 0.128. The van der Waals surface area contributed by atoms with Crippen LogP contribution in [0.15, 0.2) is 12.1 Å². The number of anilines is 1. The second kappa shape index (κ2) is 8.42. The third-order valence-corrected chi connectivity index (χ3v) is 2.98. The lowest BCUT2D eigenvalue weighted by Gasteiger charge is -2.21. The number of hydrogen-bond acceptors (Lipinski definition) is 6. The molecule has 1 rings (SSSR count). The molecule has 1 amide bonds. The van der Waals surface area contributed by atoms with Gasteiger partial charge < -0.3 is 19.3 Å². The quantitative estimate of drug-likeness (QED) is 0.610. The summed E-state index contributed by atoms with van der Waals surface area (Å²) in [6.45, 7) is 7.24. The first-order valence-electron chi connectivity index (χ1n) is 7.72. The van der Waals surface area contributed by atoms with Crippen molar-refractivity contribution in [3.05, 3.63) is 17.7 Å². The Kier molecular flexibility index (Phi) is 6.88. The Balaban J connectivity index is 3.00. The number of benzene rings is 1. The minimum Gasteiger partial charge on any atom is -0.503 e. The first-order chi connectivity index (χ1) is 11.2. The number of aromatic hydroxyl groups is 1. The van der Waals surface area contributed by atoms with E-state index < -0.39 is 11.7 Å². The number of carbonyl (C=O) groups excluding carboxylic acids is 2. The second-order valence-corrected chi connectivity index (χ2v) is 6.08. The van der Waals surface area contributed by atoms with Crippen LogP contribution in [0.4, 0.5) is 10.5 Å². The number of phenols is 1. The standard InChI is InChI=1S/C17H25NO6/c1-6-23-13(19)10-8-11-7-9-12(22-5)15(20)14(11)18-16(21)24-17(2,3)4/h7,9,20H,6,8,10H2,1-5H3,(H,18,21). The maximum absolute atomic E-state index is 12.0. The summed E-state index contributed by atoms with van der Waals surface area (Å²) in [5.74, 6) is -0.360. The van der Waals surface area contributed by atoms with Gasteiger partial charge in [-0.15, -0.1) is 0 Å². The van der Waals surface area contributed by atoms with Crippen molar-refractivity contribution in [2.24, 2.45) is 0 Å². The summed E-state index contributed by atoms with van der Waals surface area (Å²) in [4.78, 5) is 23.5. The van der Waals surface area contributed by atoms with Crippen LogP contribution in [0, 0.1) is 0 Å². The van der Waals surface area contributed by atoms with Gasteiger partial charge in [0, 0.05) is 6.42 Å². The number of nitrogens with one attached hydrogen (secondary N) is 1. The zero-order chi connectivity index (χ0) is 18.3. The van der Waals surface area contributed by atoms with E-state index >= 15 is 0 Å². The van der Waals surface area contributed by atoms with Gasteiger partial charge in [-0.3, -0.25) is 10.1 Å². The molecular formula is C17H25NO6. The van der Waals surface area contributed by atoms with E-state index in [1.165, 1.54) is 7.11 Å². The van der Waals surface area contributed by atoms with Gasteiger partial charge in [-0.1, -0.05) is 6.07 Å². The predicted octanol–water partition coefficient (Wildman–Crippen LogP) is 3.24. The number of ether oxygens (including phenoxy) is 3. The Morgan fingerprint density at radius 1 is 1.25 bits per heavy atom. The Labute approximate surface area is 141 Å². The van der Waals surface area contributed by atoms with Gasteiger partial charge in [-0.25, -0.2) is 4.79 Å². The highest BCUT2D eigenvalue weighted by Crippen LogP contribution is 2.37. The van der Waals surface area contributed by atoms with Crippen LogP contribution in [-0.2, 0) is 20.7 Å². The molecule has 0 bridgehead atoms. The lowest BCUT2D eigenvalue weighted by Crippen LogP contribution is -2.27. The van der Waals surface area contributed by atoms with E-state index in [0.29, 0.717) is 18.6 Å². The monoisotopic (exact) mass is 339 g/mol. The van der Waals surface area contributed by atoms with Crippen molar-refractivity contribution in [1.82, 2.24) is 0 Å². The lowest BCUT2D eigenvalue weighted by atomic mass is 10.1. The molecule has 24 heavy (non-hydrogen) atoms. The first kappa shape index (κ1) is 19.6. The average molecular weight is 339 g/mol. The molecule has 0 saturated heterocycles. The molecule has 0 aliphatic rings. The van der Waals surface area contributed by atoms with Crippen LogP contribution in [0.25, 0.3) is 0 Å². The maximum atomic E-state index is 12.0. The molecule has 0 radical (unpaired) electrons. The fourth-order valence-electron chi connectivity index (χ4n) is 2.00. The summed E-state index contributed by atoms with van der Waals surface area (Å²) in [7, 11) is 1.41. The zero-order valence-electron chi connectivity index (χ0n) is 14.8. The van der Waals surface area contributed by atoms with Gasteiger partial charge in [0.2, 0.25) is 0 Å². The normalized spacial score (nSPS) is 10.9. The number of hydrogen-bond donors (Lipinski definition) is 2. The van der Waals surface area contributed by atoms with E-state index in [1.54, 1.807) is 39.8 Å². The van der Waals surface area contributed by atoms with Gasteiger partial charge in [0.25, 0.3) is 0 Å². The molecule has 0 aromatic heterocycles. The van der Waals surface area contributed by atoms with Crippen molar-refractivity contribution >= 4 is 17.7 Å². The summed E-state index contributed by atoms with van der Waals surface area (Å²) in [5, 5.41) is 12.8. The summed E-state index contributed by atoms with van der Waals surface area (Å²) in [6, 6.07) is 3.24. The molecule has 0 fully saturated rings. The molecule has 0 saturated carbocycles. The van der Waals surface area contributed by atoms with Crippen LogP contribution in [0.3, 0.4) is 0 Å². The lowest BCUT2D eigenvalue weighted by molar-refractivity contribution is -0.143. The molecule has 0 atom stereocenters. The van der Waals surface area contributed by atoms with Crippen LogP contribution in [-0.4, -0.2) is 36.5 Å². The van der Waals surface area contributed by atoms with Gasteiger partial charge in [-0.2, -0.15) is 0 Å². The topological polar surface area (TPSA) is 94.1 Å². The number of carbonyl (C=O) groups is 2. The molecular weight excluding hydrogens is 314 g/mol. The minimum atomic E-state index is -0.705. The molecule has 2 N–H and O–H groups in total. The first-order valence-corrected chi connectivity index (χ1v) is 7.72. The maximum Gasteiger partial charge on any atom is 0.412 e. The van der Waals surface area contributed by atoms with E-state index in [9.17, 15) is 14.7 Å². The fourth-order valence-corrected chi connectivity index (χ4v) is 2.00.